The molecule has 0 spiro atoms. The summed E-state index contributed by atoms with van der Waals surface area (Å²) in [5.74, 6) is 0. The van der Waals surface area contributed by atoms with Crippen molar-refractivity contribution in [2.75, 3.05) is 13.1 Å². The van der Waals surface area contributed by atoms with Crippen LogP contribution in [0.4, 0.5) is 5.69 Å². The molecule has 0 amide bonds. The first kappa shape index (κ1) is 20.9. The molecule has 2 heterocycles. The summed E-state index contributed by atoms with van der Waals surface area (Å²) >= 11 is 1.56. The molecule has 162 valence electrons. The number of hydrogen-bond acceptors (Lipinski definition) is 4. The van der Waals surface area contributed by atoms with Crippen molar-refractivity contribution in [2.24, 2.45) is 4.99 Å². The van der Waals surface area contributed by atoms with Crippen LogP contribution in [0.25, 0.3) is 16.9 Å². The smallest absolute Gasteiger partial charge is 0.243 e. The topological polar surface area (TPSA) is 54.7 Å². The van der Waals surface area contributed by atoms with E-state index in [9.17, 15) is 8.42 Å². The highest BCUT2D eigenvalue weighted by atomic mass is 32.2. The maximum atomic E-state index is 12.9. The largest absolute Gasteiger partial charge is 0.285 e. The van der Waals surface area contributed by atoms with E-state index in [2.05, 4.69) is 9.95 Å². The molecule has 5 rings (SSSR count). The molecule has 1 aliphatic heterocycles. The fourth-order valence-electron chi connectivity index (χ4n) is 3.91. The van der Waals surface area contributed by atoms with Gasteiger partial charge in [-0.2, -0.15) is 4.31 Å². The molecule has 4 aromatic rings. The van der Waals surface area contributed by atoms with Crippen LogP contribution >= 0.6 is 11.3 Å². The highest BCUT2D eigenvalue weighted by molar-refractivity contribution is 7.89. The summed E-state index contributed by atoms with van der Waals surface area (Å²) in [6.07, 6.45) is 1.86. The molecule has 1 aliphatic rings. The Hall–Kier alpha value is -3.00. The zero-order chi connectivity index (χ0) is 22.0. The molecule has 1 fully saturated rings. The van der Waals surface area contributed by atoms with Gasteiger partial charge in [0.05, 0.1) is 16.3 Å². The lowest BCUT2D eigenvalue weighted by Gasteiger charge is -2.16. The molecule has 0 N–H and O–H groups in total. The van der Waals surface area contributed by atoms with Gasteiger partial charge in [-0.05, 0) is 54.8 Å². The monoisotopic (exact) mass is 461 g/mol. The third-order valence-corrected chi connectivity index (χ3v) is 8.30. The van der Waals surface area contributed by atoms with Crippen LogP contribution < -0.4 is 4.80 Å². The van der Waals surface area contributed by atoms with Gasteiger partial charge in [0.1, 0.15) is 0 Å². The van der Waals surface area contributed by atoms with Gasteiger partial charge in [-0.25, -0.2) is 13.4 Å². The molecule has 3 aromatic carbocycles. The fraction of sp³-hybridized carbons (Fsp3) is 0.160. The predicted molar refractivity (Wildman–Crippen MR) is 129 cm³/mol. The van der Waals surface area contributed by atoms with E-state index in [0.717, 1.165) is 40.3 Å². The van der Waals surface area contributed by atoms with Crippen LogP contribution in [0.2, 0.25) is 0 Å². The first-order valence-corrected chi connectivity index (χ1v) is 12.9. The minimum absolute atomic E-state index is 0.346. The fourth-order valence-corrected chi connectivity index (χ4v) is 6.35. The lowest BCUT2D eigenvalue weighted by molar-refractivity contribution is 0.477. The Morgan fingerprint density at radius 2 is 1.41 bits per heavy atom. The average Bonchev–Trinajstić information content (AvgIpc) is 3.52. The maximum Gasteiger partial charge on any atom is 0.243 e. The van der Waals surface area contributed by atoms with Gasteiger partial charge in [-0.1, -0.05) is 48.5 Å². The minimum atomic E-state index is -3.42. The van der Waals surface area contributed by atoms with E-state index in [-0.39, 0.29) is 0 Å². The van der Waals surface area contributed by atoms with E-state index in [0.29, 0.717) is 18.0 Å². The van der Waals surface area contributed by atoms with Crippen molar-refractivity contribution >= 4 is 27.0 Å². The van der Waals surface area contributed by atoms with Crippen LogP contribution in [-0.4, -0.2) is 30.4 Å². The third kappa shape index (κ3) is 4.07. The van der Waals surface area contributed by atoms with Gasteiger partial charge < -0.3 is 0 Å². The summed E-state index contributed by atoms with van der Waals surface area (Å²) in [7, 11) is -3.42. The minimum Gasteiger partial charge on any atom is -0.285 e. The Bertz CT molecular complexity index is 1370. The van der Waals surface area contributed by atoms with Gasteiger partial charge in [0.25, 0.3) is 0 Å². The SMILES string of the molecule is O=S(=O)(c1ccc(-c2csc(=Nc3ccccc3)n2-c2ccccc2)cc1)N1CCCC1. The molecule has 5 nitrogen and oxygen atoms in total. The molecule has 7 heteroatoms. The van der Waals surface area contributed by atoms with E-state index in [4.69, 9.17) is 4.99 Å². The first-order valence-electron chi connectivity index (χ1n) is 10.6. The van der Waals surface area contributed by atoms with Gasteiger partial charge in [0, 0.05) is 24.2 Å². The molecule has 0 radical (unpaired) electrons. The van der Waals surface area contributed by atoms with Crippen LogP contribution in [0.5, 0.6) is 0 Å². The zero-order valence-corrected chi connectivity index (χ0v) is 19.1. The zero-order valence-electron chi connectivity index (χ0n) is 17.5. The summed E-state index contributed by atoms with van der Waals surface area (Å²) in [6, 6.07) is 27.2. The lowest BCUT2D eigenvalue weighted by atomic mass is 10.1. The highest BCUT2D eigenvalue weighted by Crippen LogP contribution is 2.27. The number of sulfonamides is 1. The first-order chi connectivity index (χ1) is 15.6. The second-order valence-electron chi connectivity index (χ2n) is 7.66. The van der Waals surface area contributed by atoms with Gasteiger partial charge in [0.2, 0.25) is 10.0 Å². The quantitative estimate of drug-likeness (QED) is 0.409. The Morgan fingerprint density at radius 1 is 0.781 bits per heavy atom. The number of nitrogens with zero attached hydrogens (tertiary/aromatic N) is 3. The van der Waals surface area contributed by atoms with Crippen LogP contribution in [0.3, 0.4) is 0 Å². The van der Waals surface area contributed by atoms with Crippen LogP contribution in [-0.2, 0) is 10.0 Å². The van der Waals surface area contributed by atoms with E-state index in [1.807, 2.05) is 72.8 Å². The number of para-hydroxylation sites is 2. The number of benzene rings is 3. The summed E-state index contributed by atoms with van der Waals surface area (Å²) in [4.78, 5) is 6.05. The van der Waals surface area contributed by atoms with Gasteiger partial charge in [-0.3, -0.25) is 4.57 Å². The number of thiazole rings is 1. The van der Waals surface area contributed by atoms with E-state index in [1.54, 1.807) is 27.8 Å². The Labute approximate surface area is 192 Å². The van der Waals surface area contributed by atoms with Crippen molar-refractivity contribution < 1.29 is 8.42 Å². The van der Waals surface area contributed by atoms with E-state index >= 15 is 0 Å². The van der Waals surface area contributed by atoms with E-state index < -0.39 is 10.0 Å². The van der Waals surface area contributed by atoms with Crippen LogP contribution in [0, 0.1) is 0 Å². The lowest BCUT2D eigenvalue weighted by Crippen LogP contribution is -2.27. The molecule has 1 saturated heterocycles. The summed E-state index contributed by atoms with van der Waals surface area (Å²) in [5, 5.41) is 2.07. The third-order valence-electron chi connectivity index (χ3n) is 5.56. The summed E-state index contributed by atoms with van der Waals surface area (Å²) in [5.41, 5.74) is 3.81. The Balaban J connectivity index is 1.59. The standard InChI is InChI=1S/C25H23N3O2S2/c29-32(30,27-17-7-8-18-27)23-15-13-20(14-16-23)24-19-31-25(26-21-9-3-1-4-10-21)28(24)22-11-5-2-6-12-22/h1-6,9-16,19H,7-8,17-18H2. The average molecular weight is 462 g/mol. The molecule has 0 saturated carbocycles. The molecule has 1 aromatic heterocycles. The summed E-state index contributed by atoms with van der Waals surface area (Å²) < 4.78 is 29.5. The molecular weight excluding hydrogens is 438 g/mol. The van der Waals surface area contributed by atoms with Gasteiger partial charge in [-0.15, -0.1) is 11.3 Å². The Kier molecular flexibility index (Phi) is 5.78. The Morgan fingerprint density at radius 3 is 2.06 bits per heavy atom. The van der Waals surface area contributed by atoms with Gasteiger partial charge >= 0.3 is 0 Å². The maximum absolute atomic E-state index is 12.9. The number of rotatable bonds is 5. The van der Waals surface area contributed by atoms with E-state index in [1.165, 1.54) is 0 Å². The predicted octanol–water partition coefficient (Wildman–Crippen LogP) is 5.22. The van der Waals surface area contributed by atoms with Crippen LogP contribution in [0.15, 0.2) is 100 Å². The number of aromatic nitrogens is 1. The van der Waals surface area contributed by atoms with Crippen molar-refractivity contribution in [3.63, 3.8) is 0 Å². The van der Waals surface area contributed by atoms with Gasteiger partial charge in [0.15, 0.2) is 4.80 Å². The van der Waals surface area contributed by atoms with Crippen molar-refractivity contribution in [3.05, 3.63) is 95.1 Å². The van der Waals surface area contributed by atoms with Crippen molar-refractivity contribution in [2.45, 2.75) is 17.7 Å². The number of hydrogen-bond donors (Lipinski definition) is 0. The molecule has 0 bridgehead atoms. The summed E-state index contributed by atoms with van der Waals surface area (Å²) in [6.45, 7) is 1.21. The normalized spacial score (nSPS) is 15.3. The van der Waals surface area contributed by atoms with Crippen molar-refractivity contribution in [3.8, 4) is 16.9 Å². The highest BCUT2D eigenvalue weighted by Gasteiger charge is 2.27. The second-order valence-corrected chi connectivity index (χ2v) is 10.4. The van der Waals surface area contributed by atoms with Crippen LogP contribution in [0.1, 0.15) is 12.8 Å². The molecular formula is C25H23N3O2S2. The van der Waals surface area contributed by atoms with Crippen molar-refractivity contribution in [1.29, 1.82) is 0 Å². The molecule has 0 unspecified atom stereocenters. The molecule has 32 heavy (non-hydrogen) atoms. The molecule has 0 atom stereocenters. The van der Waals surface area contributed by atoms with Crippen molar-refractivity contribution in [1.82, 2.24) is 8.87 Å². The second kappa shape index (κ2) is 8.86. The molecule has 0 aliphatic carbocycles.